The molecule has 0 aromatic heterocycles. The molecule has 1 aliphatic rings. The minimum Gasteiger partial charge on any atom is -0.349 e. The van der Waals surface area contributed by atoms with Gasteiger partial charge in [-0.1, -0.05) is 29.8 Å². The molecule has 1 heterocycles. The first kappa shape index (κ1) is 24.5. The first-order valence-corrected chi connectivity index (χ1v) is 12.8. The highest BCUT2D eigenvalue weighted by atomic mass is 32.2. The second-order valence-electron chi connectivity index (χ2n) is 9.45. The molecule has 6 heteroatoms. The predicted molar refractivity (Wildman–Crippen MR) is 129 cm³/mol. The second-order valence-corrected chi connectivity index (χ2v) is 11.3. The summed E-state index contributed by atoms with van der Waals surface area (Å²) in [6.45, 7) is 14.5. The Balaban J connectivity index is 1.77. The average Bonchev–Trinajstić information content (AvgIpc) is 2.69. The summed E-state index contributed by atoms with van der Waals surface area (Å²) >= 11 is 0. The third-order valence-electron chi connectivity index (χ3n) is 6.67. The molecule has 1 aliphatic heterocycles. The van der Waals surface area contributed by atoms with E-state index in [2.05, 4.69) is 38.2 Å². The van der Waals surface area contributed by atoms with Gasteiger partial charge in [-0.2, -0.15) is 4.31 Å². The number of amides is 1. The molecule has 2 aromatic rings. The van der Waals surface area contributed by atoms with Crippen molar-refractivity contribution in [1.29, 1.82) is 0 Å². The van der Waals surface area contributed by atoms with E-state index >= 15 is 0 Å². The van der Waals surface area contributed by atoms with Gasteiger partial charge < -0.3 is 5.32 Å². The van der Waals surface area contributed by atoms with Crippen molar-refractivity contribution in [2.45, 2.75) is 72.2 Å². The normalized spacial score (nSPS) is 18.4. The van der Waals surface area contributed by atoms with Crippen LogP contribution in [0.3, 0.4) is 0 Å². The minimum atomic E-state index is -3.65. The van der Waals surface area contributed by atoms with Crippen LogP contribution in [0.1, 0.15) is 64.8 Å². The maximum Gasteiger partial charge on any atom is 0.243 e. The molecule has 1 amide bonds. The fourth-order valence-corrected chi connectivity index (χ4v) is 6.87. The van der Waals surface area contributed by atoms with E-state index < -0.39 is 10.0 Å². The van der Waals surface area contributed by atoms with E-state index in [1.165, 1.54) is 15.4 Å². The Morgan fingerprint density at radius 3 is 2.16 bits per heavy atom. The Morgan fingerprint density at radius 2 is 1.53 bits per heavy atom. The standard InChI is InChI=1S/C26H36N2O3S/c1-16-11-20(5)25(21(6)12-16)32(30,31)28-10-8-9-23(15-28)26(29)27-22(7)24-14-18(3)17(2)13-19(24)4/h11-14,22-23H,8-10,15H2,1-7H3,(H,27,29). The van der Waals surface area contributed by atoms with Gasteiger partial charge in [-0.25, -0.2) is 8.42 Å². The Bertz CT molecular complexity index is 1110. The summed E-state index contributed by atoms with van der Waals surface area (Å²) in [5.41, 5.74) is 7.25. The monoisotopic (exact) mass is 456 g/mol. The van der Waals surface area contributed by atoms with E-state index in [-0.39, 0.29) is 24.4 Å². The Hall–Kier alpha value is -2.18. The molecule has 2 aromatic carbocycles. The van der Waals surface area contributed by atoms with Crippen molar-refractivity contribution in [2.75, 3.05) is 13.1 Å². The summed E-state index contributed by atoms with van der Waals surface area (Å²) in [6.07, 6.45) is 1.38. The lowest BCUT2D eigenvalue weighted by molar-refractivity contribution is -0.126. The number of carbonyl (C=O) groups excluding carboxylic acids is 1. The van der Waals surface area contributed by atoms with Crippen LogP contribution in [0.15, 0.2) is 29.2 Å². The van der Waals surface area contributed by atoms with Gasteiger partial charge in [0, 0.05) is 13.1 Å². The molecular formula is C26H36N2O3S. The first-order chi connectivity index (χ1) is 14.9. The summed E-state index contributed by atoms with van der Waals surface area (Å²) in [4.78, 5) is 13.5. The van der Waals surface area contributed by atoms with Crippen LogP contribution in [0, 0.1) is 47.5 Å². The predicted octanol–water partition coefficient (Wildman–Crippen LogP) is 4.82. The van der Waals surface area contributed by atoms with Crippen LogP contribution in [-0.4, -0.2) is 31.7 Å². The lowest BCUT2D eigenvalue weighted by Gasteiger charge is -2.33. The third kappa shape index (κ3) is 4.91. The molecule has 0 aliphatic carbocycles. The fourth-order valence-electron chi connectivity index (χ4n) is 4.94. The van der Waals surface area contributed by atoms with Gasteiger partial charge in [0.25, 0.3) is 0 Å². The number of rotatable bonds is 5. The van der Waals surface area contributed by atoms with Crippen molar-refractivity contribution in [2.24, 2.45) is 5.92 Å². The molecular weight excluding hydrogens is 420 g/mol. The molecule has 1 N–H and O–H groups in total. The van der Waals surface area contributed by atoms with Gasteiger partial charge in [0.1, 0.15) is 0 Å². The molecule has 2 unspecified atom stereocenters. The van der Waals surface area contributed by atoms with Crippen molar-refractivity contribution in [1.82, 2.24) is 9.62 Å². The maximum atomic E-state index is 13.5. The SMILES string of the molecule is Cc1cc(C)c(S(=O)(=O)N2CCCC(C(=O)NC(C)c3cc(C)c(C)cc3C)C2)c(C)c1. The van der Waals surface area contributed by atoms with Crippen LogP contribution >= 0.6 is 0 Å². The molecule has 3 rings (SSSR count). The van der Waals surface area contributed by atoms with E-state index in [9.17, 15) is 13.2 Å². The zero-order valence-corrected chi connectivity index (χ0v) is 21.2. The van der Waals surface area contributed by atoms with Crippen LogP contribution in [0.4, 0.5) is 0 Å². The van der Waals surface area contributed by atoms with E-state index in [1.807, 2.05) is 39.8 Å². The number of benzene rings is 2. The second kappa shape index (κ2) is 9.36. The summed E-state index contributed by atoms with van der Waals surface area (Å²) < 4.78 is 28.4. The third-order valence-corrected chi connectivity index (χ3v) is 8.84. The first-order valence-electron chi connectivity index (χ1n) is 11.4. The summed E-state index contributed by atoms with van der Waals surface area (Å²) in [6, 6.07) is 7.96. The van der Waals surface area contributed by atoms with Crippen molar-refractivity contribution in [3.63, 3.8) is 0 Å². The lowest BCUT2D eigenvalue weighted by atomic mass is 9.95. The minimum absolute atomic E-state index is 0.0765. The highest BCUT2D eigenvalue weighted by Gasteiger charge is 2.35. The van der Waals surface area contributed by atoms with Crippen molar-refractivity contribution >= 4 is 15.9 Å². The van der Waals surface area contributed by atoms with Crippen LogP contribution in [-0.2, 0) is 14.8 Å². The summed E-state index contributed by atoms with van der Waals surface area (Å²) in [5.74, 6) is -0.425. The number of piperidine rings is 1. The molecule has 174 valence electrons. The zero-order chi connectivity index (χ0) is 23.8. The topological polar surface area (TPSA) is 66.5 Å². The van der Waals surface area contributed by atoms with Gasteiger partial charge in [0.15, 0.2) is 0 Å². The van der Waals surface area contributed by atoms with E-state index in [4.69, 9.17) is 0 Å². The Kier molecular flexibility index (Phi) is 7.15. The number of hydrogen-bond donors (Lipinski definition) is 1. The van der Waals surface area contributed by atoms with Crippen LogP contribution in [0.25, 0.3) is 0 Å². The van der Waals surface area contributed by atoms with E-state index in [0.717, 1.165) is 27.8 Å². The Labute approximate surface area is 193 Å². The van der Waals surface area contributed by atoms with E-state index in [1.54, 1.807) is 0 Å². The average molecular weight is 457 g/mol. The molecule has 5 nitrogen and oxygen atoms in total. The number of hydrogen-bond acceptors (Lipinski definition) is 3. The van der Waals surface area contributed by atoms with Crippen molar-refractivity contribution in [3.05, 3.63) is 63.2 Å². The van der Waals surface area contributed by atoms with Crippen molar-refractivity contribution < 1.29 is 13.2 Å². The van der Waals surface area contributed by atoms with Gasteiger partial charge >= 0.3 is 0 Å². The lowest BCUT2D eigenvalue weighted by Crippen LogP contribution is -2.46. The van der Waals surface area contributed by atoms with Gasteiger partial charge in [-0.15, -0.1) is 0 Å². The maximum absolute atomic E-state index is 13.5. The van der Waals surface area contributed by atoms with Crippen LogP contribution in [0.5, 0.6) is 0 Å². The molecule has 1 saturated heterocycles. The van der Waals surface area contributed by atoms with Gasteiger partial charge in [-0.3, -0.25) is 4.79 Å². The van der Waals surface area contributed by atoms with Crippen LogP contribution in [0.2, 0.25) is 0 Å². The molecule has 0 bridgehead atoms. The van der Waals surface area contributed by atoms with Gasteiger partial charge in [0.05, 0.1) is 16.9 Å². The molecule has 32 heavy (non-hydrogen) atoms. The number of nitrogens with one attached hydrogen (secondary N) is 1. The van der Waals surface area contributed by atoms with Gasteiger partial charge in [-0.05, 0) is 94.7 Å². The molecule has 1 fully saturated rings. The van der Waals surface area contributed by atoms with E-state index in [0.29, 0.717) is 24.3 Å². The molecule has 0 saturated carbocycles. The largest absolute Gasteiger partial charge is 0.349 e. The van der Waals surface area contributed by atoms with Crippen molar-refractivity contribution in [3.8, 4) is 0 Å². The quantitative estimate of drug-likeness (QED) is 0.702. The molecule has 2 atom stereocenters. The smallest absolute Gasteiger partial charge is 0.243 e. The van der Waals surface area contributed by atoms with Gasteiger partial charge in [0.2, 0.25) is 15.9 Å². The zero-order valence-electron chi connectivity index (χ0n) is 20.4. The molecule has 0 spiro atoms. The van der Waals surface area contributed by atoms with Crippen LogP contribution < -0.4 is 5.32 Å². The number of carbonyl (C=O) groups is 1. The number of nitrogens with zero attached hydrogens (tertiary/aromatic N) is 1. The fraction of sp³-hybridized carbons (Fsp3) is 0.500. The highest BCUT2D eigenvalue weighted by Crippen LogP contribution is 2.29. The highest BCUT2D eigenvalue weighted by molar-refractivity contribution is 7.89. The summed E-state index contributed by atoms with van der Waals surface area (Å²) in [5, 5.41) is 3.13. The molecule has 0 radical (unpaired) electrons. The number of sulfonamides is 1. The Morgan fingerprint density at radius 1 is 0.938 bits per heavy atom. The summed E-state index contributed by atoms with van der Waals surface area (Å²) in [7, 11) is -3.65. The number of aryl methyl sites for hydroxylation is 6.